The van der Waals surface area contributed by atoms with E-state index in [-0.39, 0.29) is 23.6 Å². The zero-order valence-corrected chi connectivity index (χ0v) is 28.0. The summed E-state index contributed by atoms with van der Waals surface area (Å²) in [6, 6.07) is 16.7. The van der Waals surface area contributed by atoms with Gasteiger partial charge in [0.05, 0.1) is 37.4 Å². The average molecular weight is 592 g/mol. The van der Waals surface area contributed by atoms with E-state index in [2.05, 4.69) is 78.8 Å². The van der Waals surface area contributed by atoms with Gasteiger partial charge in [-0.15, -0.1) is 0 Å². The van der Waals surface area contributed by atoms with Crippen molar-refractivity contribution in [3.8, 4) is 6.07 Å². The third kappa shape index (κ3) is 7.79. The van der Waals surface area contributed by atoms with Gasteiger partial charge in [-0.25, -0.2) is 9.59 Å². The lowest BCUT2D eigenvalue weighted by atomic mass is 9.68. The summed E-state index contributed by atoms with van der Waals surface area (Å²) in [6.45, 7) is 17.7. The second-order valence-corrected chi connectivity index (χ2v) is 16.4. The molecule has 0 aliphatic heterocycles. The molecular formula is C35H49NO5Si. The lowest BCUT2D eigenvalue weighted by molar-refractivity contribution is -0.137. The minimum atomic E-state index is -2.64. The molecule has 7 heteroatoms. The van der Waals surface area contributed by atoms with E-state index in [4.69, 9.17) is 13.9 Å². The molecule has 0 aliphatic rings. The molecule has 0 amide bonds. The van der Waals surface area contributed by atoms with Crippen LogP contribution in [0.25, 0.3) is 6.08 Å². The number of nitrogens with zero attached hydrogens (tertiary/aromatic N) is 1. The van der Waals surface area contributed by atoms with E-state index in [1.54, 1.807) is 25.1 Å². The predicted octanol–water partition coefficient (Wildman–Crippen LogP) is 7.85. The van der Waals surface area contributed by atoms with Gasteiger partial charge in [0.15, 0.2) is 0 Å². The van der Waals surface area contributed by atoms with Gasteiger partial charge in [-0.1, -0.05) is 85.6 Å². The minimum absolute atomic E-state index is 0.218. The SMILES string of the molecule is CCCC(C#N)(c1cccc([Si](OCc2cc(/C=C/C(=O)OCC)cc(C(=O)OC)c2)(C(C)C)C(C)C)c1)C(C)CC. The Morgan fingerprint density at radius 2 is 1.71 bits per heavy atom. The monoisotopic (exact) mass is 591 g/mol. The Bertz CT molecular complexity index is 1270. The summed E-state index contributed by atoms with van der Waals surface area (Å²) in [5, 5.41) is 11.7. The molecule has 0 fully saturated rings. The summed E-state index contributed by atoms with van der Waals surface area (Å²) in [4.78, 5) is 24.4. The molecule has 0 aliphatic carbocycles. The van der Waals surface area contributed by atoms with Crippen molar-refractivity contribution in [3.05, 3.63) is 70.8 Å². The molecular weight excluding hydrogens is 542 g/mol. The maximum atomic E-state index is 12.5. The summed E-state index contributed by atoms with van der Waals surface area (Å²) in [6.07, 6.45) is 5.65. The maximum Gasteiger partial charge on any atom is 0.337 e. The van der Waals surface area contributed by atoms with Gasteiger partial charge in [0.2, 0.25) is 8.32 Å². The highest BCUT2D eigenvalue weighted by atomic mass is 28.4. The standard InChI is InChI=1S/C35H49NO5Si/c1-10-18-35(24-36,27(8)11-2)31-14-13-15-32(22-31)42(25(4)5,26(6)7)41-23-29-19-28(16-17-33(37)40-12-3)20-30(21-29)34(38)39-9/h13-17,19-22,25-27H,10-12,18,23H2,1-9H3/b17-16+. The van der Waals surface area contributed by atoms with Gasteiger partial charge in [-0.05, 0) is 76.5 Å². The van der Waals surface area contributed by atoms with E-state index in [1.165, 1.54) is 18.4 Å². The normalized spacial score (nSPS) is 14.0. The summed E-state index contributed by atoms with van der Waals surface area (Å²) >= 11 is 0. The van der Waals surface area contributed by atoms with Gasteiger partial charge in [-0.2, -0.15) is 5.26 Å². The van der Waals surface area contributed by atoms with E-state index < -0.39 is 25.7 Å². The molecule has 2 rings (SSSR count). The Kier molecular flexibility index (Phi) is 13.2. The first-order valence-corrected chi connectivity index (χ1v) is 17.2. The molecule has 228 valence electrons. The van der Waals surface area contributed by atoms with Crippen LogP contribution in [0.15, 0.2) is 48.5 Å². The van der Waals surface area contributed by atoms with Gasteiger partial charge in [0.1, 0.15) is 0 Å². The number of carbonyl (C=O) groups excluding carboxylic acids is 2. The highest BCUT2D eigenvalue weighted by Crippen LogP contribution is 2.40. The van der Waals surface area contributed by atoms with Crippen molar-refractivity contribution in [3.63, 3.8) is 0 Å². The Morgan fingerprint density at radius 1 is 1.02 bits per heavy atom. The Labute approximate surface area is 254 Å². The zero-order chi connectivity index (χ0) is 31.5. The van der Waals surface area contributed by atoms with Gasteiger partial charge >= 0.3 is 11.9 Å². The molecule has 2 unspecified atom stereocenters. The molecule has 0 saturated heterocycles. The summed E-state index contributed by atoms with van der Waals surface area (Å²) in [5.41, 5.74) is 2.88. The van der Waals surface area contributed by atoms with Crippen molar-refractivity contribution in [1.29, 1.82) is 5.26 Å². The summed E-state index contributed by atoms with van der Waals surface area (Å²) < 4.78 is 17.0. The lowest BCUT2D eigenvalue weighted by Crippen LogP contribution is -2.56. The van der Waals surface area contributed by atoms with Crippen LogP contribution >= 0.6 is 0 Å². The molecule has 2 aromatic carbocycles. The van der Waals surface area contributed by atoms with Crippen molar-refractivity contribution >= 4 is 31.5 Å². The first-order chi connectivity index (χ1) is 19.9. The van der Waals surface area contributed by atoms with Gasteiger partial charge in [-0.3, -0.25) is 0 Å². The van der Waals surface area contributed by atoms with Crippen LogP contribution in [0.3, 0.4) is 0 Å². The van der Waals surface area contributed by atoms with Crippen molar-refractivity contribution in [2.75, 3.05) is 13.7 Å². The van der Waals surface area contributed by atoms with Crippen LogP contribution in [-0.2, 0) is 30.7 Å². The van der Waals surface area contributed by atoms with Crippen molar-refractivity contribution in [2.45, 2.75) is 97.8 Å². The van der Waals surface area contributed by atoms with E-state index >= 15 is 0 Å². The maximum absolute atomic E-state index is 12.5. The zero-order valence-electron chi connectivity index (χ0n) is 27.0. The minimum Gasteiger partial charge on any atom is -0.465 e. The molecule has 0 spiro atoms. The number of esters is 2. The third-order valence-electron chi connectivity index (χ3n) is 8.45. The lowest BCUT2D eigenvalue weighted by Gasteiger charge is -2.40. The van der Waals surface area contributed by atoms with Crippen LogP contribution in [0.4, 0.5) is 0 Å². The highest BCUT2D eigenvalue weighted by Gasteiger charge is 2.45. The van der Waals surface area contributed by atoms with Crippen molar-refractivity contribution < 1.29 is 23.5 Å². The number of nitriles is 1. The number of carbonyl (C=O) groups is 2. The topological polar surface area (TPSA) is 85.6 Å². The van der Waals surface area contributed by atoms with Gasteiger partial charge in [0.25, 0.3) is 0 Å². The fourth-order valence-electron chi connectivity index (χ4n) is 6.13. The molecule has 42 heavy (non-hydrogen) atoms. The van der Waals surface area contributed by atoms with Crippen LogP contribution in [0.2, 0.25) is 11.1 Å². The molecule has 0 aromatic heterocycles. The number of benzene rings is 2. The number of ether oxygens (including phenoxy) is 2. The Morgan fingerprint density at radius 3 is 2.26 bits per heavy atom. The molecule has 0 heterocycles. The van der Waals surface area contributed by atoms with E-state index in [1.807, 2.05) is 6.07 Å². The molecule has 0 N–H and O–H groups in total. The first-order valence-electron chi connectivity index (χ1n) is 15.2. The number of hydrogen-bond donors (Lipinski definition) is 0. The molecule has 0 radical (unpaired) electrons. The summed E-state index contributed by atoms with van der Waals surface area (Å²) in [7, 11) is -1.29. The van der Waals surface area contributed by atoms with Crippen molar-refractivity contribution in [2.24, 2.45) is 5.92 Å². The summed E-state index contributed by atoms with van der Waals surface area (Å²) in [5.74, 6) is -0.686. The van der Waals surface area contributed by atoms with Crippen LogP contribution in [0, 0.1) is 17.2 Å². The van der Waals surface area contributed by atoms with Gasteiger partial charge < -0.3 is 13.9 Å². The first kappa shape index (κ1) is 35.0. The predicted molar refractivity (Wildman–Crippen MR) is 172 cm³/mol. The van der Waals surface area contributed by atoms with Crippen molar-refractivity contribution in [1.82, 2.24) is 0 Å². The second-order valence-electron chi connectivity index (χ2n) is 11.7. The molecule has 0 bridgehead atoms. The van der Waals surface area contributed by atoms with Crippen LogP contribution in [0.1, 0.15) is 102 Å². The van der Waals surface area contributed by atoms with Gasteiger partial charge in [0, 0.05) is 6.08 Å². The largest absolute Gasteiger partial charge is 0.465 e. The molecule has 6 nitrogen and oxygen atoms in total. The van der Waals surface area contributed by atoms with E-state index in [9.17, 15) is 14.9 Å². The highest BCUT2D eigenvalue weighted by molar-refractivity contribution is 6.88. The molecule has 2 atom stereocenters. The third-order valence-corrected chi connectivity index (χ3v) is 13.7. The number of methoxy groups -OCH3 is 1. The molecule has 0 saturated carbocycles. The molecule has 2 aromatic rings. The van der Waals surface area contributed by atoms with Crippen LogP contribution in [-0.4, -0.2) is 34.0 Å². The fraction of sp³-hybridized carbons (Fsp3) is 0.514. The fourth-order valence-corrected chi connectivity index (χ4v) is 10.8. The van der Waals surface area contributed by atoms with Crippen LogP contribution < -0.4 is 5.19 Å². The smallest absolute Gasteiger partial charge is 0.337 e. The Hall–Kier alpha value is -3.21. The quantitative estimate of drug-likeness (QED) is 0.119. The number of hydrogen-bond acceptors (Lipinski definition) is 6. The van der Waals surface area contributed by atoms with E-state index in [0.717, 1.165) is 30.4 Å². The van der Waals surface area contributed by atoms with E-state index in [0.29, 0.717) is 17.7 Å². The van der Waals surface area contributed by atoms with Crippen LogP contribution in [0.5, 0.6) is 0 Å². The Balaban J connectivity index is 2.62. The number of rotatable bonds is 15. The second kappa shape index (κ2) is 15.9. The average Bonchev–Trinajstić information content (AvgIpc) is 2.98.